The number of allylic oxidation sites excluding steroid dienone is 2. The quantitative estimate of drug-likeness (QED) is 0.347. The van der Waals surface area contributed by atoms with Gasteiger partial charge in [0.2, 0.25) is 0 Å². The third-order valence-electron chi connectivity index (χ3n) is 4.05. The van der Waals surface area contributed by atoms with E-state index in [0.717, 1.165) is 0 Å². The Kier molecular flexibility index (Phi) is 9.87. The molecule has 154 valence electrons. The number of likely N-dealkylation sites (N-methyl/N-ethyl adjacent to an activating group) is 1. The lowest BCUT2D eigenvalue weighted by atomic mass is 10.0. The molecule has 0 amide bonds. The van der Waals surface area contributed by atoms with Gasteiger partial charge in [-0.05, 0) is 63.5 Å². The van der Waals surface area contributed by atoms with Crippen molar-refractivity contribution in [3.8, 4) is 0 Å². The highest BCUT2D eigenvalue weighted by molar-refractivity contribution is 8.03. The molecule has 0 fully saturated rings. The Morgan fingerprint density at radius 1 is 0.964 bits per heavy atom. The number of ether oxygens (including phenoxy) is 2. The average molecular weight is 406 g/mol. The summed E-state index contributed by atoms with van der Waals surface area (Å²) >= 11 is 1.41. The van der Waals surface area contributed by atoms with E-state index in [1.165, 1.54) is 34.0 Å². The van der Waals surface area contributed by atoms with Gasteiger partial charge in [0.25, 0.3) is 0 Å². The van der Waals surface area contributed by atoms with Crippen LogP contribution in [-0.2, 0) is 24.8 Å². The second-order valence-corrected chi connectivity index (χ2v) is 7.60. The van der Waals surface area contributed by atoms with Gasteiger partial charge in [-0.15, -0.1) is 11.8 Å². The Labute approximate surface area is 172 Å². The lowest BCUT2D eigenvalue weighted by molar-refractivity contribution is -0.140. The molecule has 0 spiro atoms. The molecule has 0 aromatic heterocycles. The Morgan fingerprint density at radius 2 is 1.50 bits per heavy atom. The Morgan fingerprint density at radius 3 is 2.00 bits per heavy atom. The lowest BCUT2D eigenvalue weighted by Crippen LogP contribution is -2.21. The zero-order chi connectivity index (χ0) is 21.3. The molecule has 6 heteroatoms. The van der Waals surface area contributed by atoms with E-state index in [2.05, 4.69) is 32.9 Å². The van der Waals surface area contributed by atoms with E-state index in [4.69, 9.17) is 9.47 Å². The lowest BCUT2D eigenvalue weighted by Gasteiger charge is -2.15. The second-order valence-electron chi connectivity index (χ2n) is 6.58. The SMILES string of the molecule is CCOC(=O)C(=CC=C(C(=O)OCC)N(C)C)SCc1c(C)cc(C)cc1C. The van der Waals surface area contributed by atoms with Crippen LogP contribution in [0, 0.1) is 20.8 Å². The van der Waals surface area contributed by atoms with Gasteiger partial charge in [-0.25, -0.2) is 9.59 Å². The fourth-order valence-corrected chi connectivity index (χ4v) is 3.82. The van der Waals surface area contributed by atoms with Gasteiger partial charge in [0, 0.05) is 19.8 Å². The predicted octanol–water partition coefficient (Wildman–Crippen LogP) is 4.30. The number of nitrogens with zero attached hydrogens (tertiary/aromatic N) is 1. The van der Waals surface area contributed by atoms with Crippen LogP contribution in [0.1, 0.15) is 36.1 Å². The van der Waals surface area contributed by atoms with Crippen LogP contribution in [0.5, 0.6) is 0 Å². The van der Waals surface area contributed by atoms with Crippen molar-refractivity contribution >= 4 is 23.7 Å². The maximum absolute atomic E-state index is 12.4. The molecule has 1 aromatic carbocycles. The molecule has 0 aliphatic heterocycles. The molecule has 0 N–H and O–H groups in total. The van der Waals surface area contributed by atoms with Crippen molar-refractivity contribution in [2.75, 3.05) is 27.3 Å². The van der Waals surface area contributed by atoms with Crippen molar-refractivity contribution < 1.29 is 19.1 Å². The van der Waals surface area contributed by atoms with Crippen LogP contribution < -0.4 is 0 Å². The van der Waals surface area contributed by atoms with Gasteiger partial charge in [0.1, 0.15) is 5.70 Å². The minimum Gasteiger partial charge on any atom is -0.462 e. The number of carbonyl (C=O) groups is 2. The summed E-state index contributed by atoms with van der Waals surface area (Å²) in [7, 11) is 3.51. The van der Waals surface area contributed by atoms with Crippen LogP contribution >= 0.6 is 11.8 Å². The van der Waals surface area contributed by atoms with Crippen LogP contribution in [0.3, 0.4) is 0 Å². The van der Waals surface area contributed by atoms with Crippen LogP contribution in [0.15, 0.2) is 34.9 Å². The van der Waals surface area contributed by atoms with E-state index in [1.54, 1.807) is 45.0 Å². The van der Waals surface area contributed by atoms with Crippen molar-refractivity contribution in [2.24, 2.45) is 0 Å². The van der Waals surface area contributed by atoms with Gasteiger partial charge in [-0.3, -0.25) is 0 Å². The van der Waals surface area contributed by atoms with Crippen LogP contribution in [0.2, 0.25) is 0 Å². The minimum absolute atomic E-state index is 0.291. The number of benzene rings is 1. The molecule has 5 nitrogen and oxygen atoms in total. The molecule has 0 radical (unpaired) electrons. The number of hydrogen-bond donors (Lipinski definition) is 0. The molecule has 0 saturated heterocycles. The van der Waals surface area contributed by atoms with Gasteiger partial charge in [0.05, 0.1) is 18.1 Å². The summed E-state index contributed by atoms with van der Waals surface area (Å²) in [6.07, 6.45) is 3.24. The van der Waals surface area contributed by atoms with E-state index in [0.29, 0.717) is 29.6 Å². The fraction of sp³-hybridized carbons (Fsp3) is 0.455. The molecule has 0 aliphatic carbocycles. The number of carbonyl (C=O) groups excluding carboxylic acids is 2. The molecule has 0 bridgehead atoms. The molecule has 0 heterocycles. The third-order valence-corrected chi connectivity index (χ3v) is 5.09. The van der Waals surface area contributed by atoms with Crippen LogP contribution in [0.25, 0.3) is 0 Å². The topological polar surface area (TPSA) is 55.8 Å². The highest BCUT2D eigenvalue weighted by atomic mass is 32.2. The zero-order valence-electron chi connectivity index (χ0n) is 17.9. The highest BCUT2D eigenvalue weighted by Gasteiger charge is 2.15. The summed E-state index contributed by atoms with van der Waals surface area (Å²) in [5.41, 5.74) is 5.19. The minimum atomic E-state index is -0.429. The summed E-state index contributed by atoms with van der Waals surface area (Å²) in [5.74, 6) is -0.178. The molecule has 1 aromatic rings. The van der Waals surface area contributed by atoms with Gasteiger partial charge in [0.15, 0.2) is 0 Å². The number of hydrogen-bond acceptors (Lipinski definition) is 6. The highest BCUT2D eigenvalue weighted by Crippen LogP contribution is 2.27. The molecule has 0 atom stereocenters. The number of rotatable bonds is 9. The van der Waals surface area contributed by atoms with E-state index in [-0.39, 0.29) is 0 Å². The molecule has 0 saturated carbocycles. The third kappa shape index (κ3) is 7.08. The smallest absolute Gasteiger partial charge is 0.354 e. The van der Waals surface area contributed by atoms with Crippen LogP contribution in [0.4, 0.5) is 0 Å². The summed E-state index contributed by atoms with van der Waals surface area (Å²) < 4.78 is 10.3. The van der Waals surface area contributed by atoms with Crippen LogP contribution in [-0.4, -0.2) is 44.1 Å². The van der Waals surface area contributed by atoms with E-state index in [9.17, 15) is 9.59 Å². The van der Waals surface area contributed by atoms with Gasteiger partial charge in [-0.1, -0.05) is 17.7 Å². The maximum Gasteiger partial charge on any atom is 0.354 e. The van der Waals surface area contributed by atoms with Crippen molar-refractivity contribution in [2.45, 2.75) is 40.4 Å². The van der Waals surface area contributed by atoms with Gasteiger partial charge < -0.3 is 14.4 Å². The van der Waals surface area contributed by atoms with Crippen molar-refractivity contribution in [1.82, 2.24) is 4.90 Å². The molecule has 1 rings (SSSR count). The summed E-state index contributed by atoms with van der Waals surface area (Å²) in [6.45, 7) is 10.3. The van der Waals surface area contributed by atoms with E-state index in [1.807, 2.05) is 0 Å². The molecule has 0 aliphatic rings. The number of thioether (sulfide) groups is 1. The predicted molar refractivity (Wildman–Crippen MR) is 115 cm³/mol. The normalized spacial score (nSPS) is 12.0. The standard InChI is InChI=1S/C22H31NO4S/c1-8-26-21(24)19(23(6)7)10-11-20(22(25)27-9-2)28-14-18-16(4)12-15(3)13-17(18)5/h10-13H,8-9,14H2,1-7H3. The fourth-order valence-electron chi connectivity index (χ4n) is 2.72. The molecule has 0 unspecified atom stereocenters. The molecule has 28 heavy (non-hydrogen) atoms. The van der Waals surface area contributed by atoms with Gasteiger partial charge in [-0.2, -0.15) is 0 Å². The Bertz CT molecular complexity index is 743. The molecular weight excluding hydrogens is 374 g/mol. The second kappa shape index (κ2) is 11.6. The first-order valence-electron chi connectivity index (χ1n) is 9.34. The van der Waals surface area contributed by atoms with E-state index >= 15 is 0 Å². The number of esters is 2. The van der Waals surface area contributed by atoms with Crippen molar-refractivity contribution in [1.29, 1.82) is 0 Å². The largest absolute Gasteiger partial charge is 0.462 e. The summed E-state index contributed by atoms with van der Waals surface area (Å²) in [4.78, 5) is 26.6. The zero-order valence-corrected chi connectivity index (χ0v) is 18.7. The van der Waals surface area contributed by atoms with E-state index < -0.39 is 11.9 Å². The first-order valence-corrected chi connectivity index (χ1v) is 10.3. The van der Waals surface area contributed by atoms with Gasteiger partial charge >= 0.3 is 11.9 Å². The summed E-state index contributed by atoms with van der Waals surface area (Å²) in [6, 6.07) is 4.28. The Balaban J connectivity index is 3.15. The average Bonchev–Trinajstić information content (AvgIpc) is 2.59. The monoisotopic (exact) mass is 405 g/mol. The Hall–Kier alpha value is -2.21. The maximum atomic E-state index is 12.4. The summed E-state index contributed by atoms with van der Waals surface area (Å²) in [5, 5.41) is 0. The molecular formula is C22H31NO4S. The van der Waals surface area contributed by atoms with Crippen molar-refractivity contribution in [3.63, 3.8) is 0 Å². The first kappa shape index (κ1) is 23.8. The van der Waals surface area contributed by atoms with Crippen molar-refractivity contribution in [3.05, 3.63) is 57.1 Å². The first-order chi connectivity index (χ1) is 13.2. The number of aryl methyl sites for hydroxylation is 3.